The van der Waals surface area contributed by atoms with Crippen LogP contribution in [-0.4, -0.2) is 11.4 Å². The number of aliphatic hydroxyl groups is 1. The van der Waals surface area contributed by atoms with Crippen LogP contribution in [0.2, 0.25) is 0 Å². The summed E-state index contributed by atoms with van der Waals surface area (Å²) in [7, 11) is 0. The Balaban J connectivity index is 3.13. The molecule has 3 heteroatoms. The highest BCUT2D eigenvalue weighted by Gasteiger charge is 2.01. The van der Waals surface area contributed by atoms with Crippen LogP contribution in [0, 0.1) is 17.9 Å². The first-order valence-electron chi connectivity index (χ1n) is 3.37. The molecule has 0 saturated carbocycles. The molecule has 2 nitrogen and oxygen atoms in total. The highest BCUT2D eigenvalue weighted by molar-refractivity contribution is 7.98. The van der Waals surface area contributed by atoms with E-state index in [9.17, 15) is 0 Å². The maximum absolute atomic E-state index is 8.82. The average Bonchev–Trinajstić information content (AvgIpc) is 2.16. The number of aliphatic hydroxyl groups excluding tert-OH is 1. The highest BCUT2D eigenvalue weighted by Crippen LogP contribution is 2.21. The van der Waals surface area contributed by atoms with Crippen LogP contribution in [0.15, 0.2) is 23.1 Å². The fraction of sp³-hybridized carbons (Fsp3) is 0.111. The molecule has 0 amide bonds. The van der Waals surface area contributed by atoms with Gasteiger partial charge in [-0.05, 0) is 30.0 Å². The van der Waals surface area contributed by atoms with Gasteiger partial charge >= 0.3 is 0 Å². The smallest absolute Gasteiger partial charge is 0.110 e. The number of rotatable bonds is 2. The third-order valence-corrected chi connectivity index (χ3v) is 2.31. The van der Waals surface area contributed by atoms with Crippen LogP contribution >= 0.6 is 11.8 Å². The molecule has 0 saturated heterocycles. The largest absolute Gasteiger partial charge is 0.385 e. The molecule has 1 aromatic carbocycles. The third kappa shape index (κ3) is 1.79. The fourth-order valence-electron chi connectivity index (χ4n) is 0.905. The molecule has 0 aromatic heterocycles. The average molecular weight is 178 g/mol. The molecule has 0 aliphatic rings. The maximum atomic E-state index is 8.82. The minimum Gasteiger partial charge on any atom is -0.385 e. The van der Waals surface area contributed by atoms with Crippen LogP contribution in [-0.2, 0) is 0 Å². The predicted octanol–water partition coefficient (Wildman–Crippen LogP) is 2.16. The molecule has 0 bridgehead atoms. The monoisotopic (exact) mass is 178 g/mol. The van der Waals surface area contributed by atoms with Crippen LogP contribution < -0.4 is 0 Å². The molecule has 12 heavy (non-hydrogen) atoms. The summed E-state index contributed by atoms with van der Waals surface area (Å²) >= 11 is 1.54. The molecular weight excluding hydrogens is 170 g/mol. The molecule has 0 spiro atoms. The van der Waals surface area contributed by atoms with E-state index in [4.69, 9.17) is 10.4 Å². The summed E-state index contributed by atoms with van der Waals surface area (Å²) in [6.07, 6.45) is 1.92. The van der Waals surface area contributed by atoms with Gasteiger partial charge < -0.3 is 5.11 Å². The topological polar surface area (TPSA) is 44.0 Å². The van der Waals surface area contributed by atoms with E-state index in [1.807, 2.05) is 18.4 Å². The van der Waals surface area contributed by atoms with Crippen molar-refractivity contribution >= 4 is 11.8 Å². The van der Waals surface area contributed by atoms with Crippen LogP contribution in [0.4, 0.5) is 0 Å². The molecule has 0 unspecified atom stereocenters. The molecule has 0 fully saturated rings. The minimum atomic E-state index is 0.563. The Kier molecular flexibility index (Phi) is 3.15. The van der Waals surface area contributed by atoms with Crippen molar-refractivity contribution in [3.05, 3.63) is 35.9 Å². The second-order valence-electron chi connectivity index (χ2n) is 2.20. The van der Waals surface area contributed by atoms with Crippen molar-refractivity contribution in [3.63, 3.8) is 0 Å². The Morgan fingerprint density at radius 1 is 1.58 bits per heavy atom. The van der Waals surface area contributed by atoms with Crippen molar-refractivity contribution in [1.82, 2.24) is 0 Å². The number of thioether (sulfide) groups is 1. The molecule has 0 atom stereocenters. The Morgan fingerprint density at radius 2 is 2.33 bits per heavy atom. The molecule has 0 aliphatic heterocycles. The van der Waals surface area contributed by atoms with Gasteiger partial charge in [0.25, 0.3) is 0 Å². The molecule has 1 radical (unpaired) electrons. The molecule has 1 rings (SSSR count). The van der Waals surface area contributed by atoms with E-state index in [2.05, 4.69) is 0 Å². The lowest BCUT2D eigenvalue weighted by atomic mass is 10.1. The highest BCUT2D eigenvalue weighted by atomic mass is 32.2. The Bertz CT molecular complexity index is 317. The van der Waals surface area contributed by atoms with Gasteiger partial charge in [0.1, 0.15) is 6.61 Å². The van der Waals surface area contributed by atoms with Gasteiger partial charge in [0.15, 0.2) is 0 Å². The quantitative estimate of drug-likeness (QED) is 0.706. The van der Waals surface area contributed by atoms with Gasteiger partial charge in [0.2, 0.25) is 0 Å². The zero-order valence-corrected chi connectivity index (χ0v) is 7.43. The molecule has 1 aromatic rings. The number of nitriles is 1. The first-order chi connectivity index (χ1) is 5.81. The van der Waals surface area contributed by atoms with Crippen molar-refractivity contribution in [3.8, 4) is 6.07 Å². The summed E-state index contributed by atoms with van der Waals surface area (Å²) < 4.78 is 0. The summed E-state index contributed by atoms with van der Waals surface area (Å²) in [5.41, 5.74) is 1.26. The number of nitrogens with zero attached hydrogens (tertiary/aromatic N) is 1. The molecule has 0 heterocycles. The van der Waals surface area contributed by atoms with E-state index in [0.717, 1.165) is 11.5 Å². The maximum Gasteiger partial charge on any atom is 0.110 e. The van der Waals surface area contributed by atoms with Crippen molar-refractivity contribution < 1.29 is 5.11 Å². The first kappa shape index (κ1) is 9.11. The van der Waals surface area contributed by atoms with E-state index in [1.54, 1.807) is 12.1 Å². The lowest BCUT2D eigenvalue weighted by Crippen LogP contribution is -1.86. The summed E-state index contributed by atoms with van der Waals surface area (Å²) in [4.78, 5) is 0.969. The van der Waals surface area contributed by atoms with Gasteiger partial charge in [-0.2, -0.15) is 5.26 Å². The summed E-state index contributed by atoms with van der Waals surface area (Å²) in [5, 5.41) is 17.4. The standard InChI is InChI=1S/C9H8NOS/c1-12-9-3-2-7(5-10)4-8(9)6-11/h2-4,6,11H,1H3. The van der Waals surface area contributed by atoms with E-state index in [0.29, 0.717) is 11.1 Å². The van der Waals surface area contributed by atoms with Crippen molar-refractivity contribution in [1.29, 1.82) is 5.26 Å². The van der Waals surface area contributed by atoms with E-state index in [-0.39, 0.29) is 0 Å². The summed E-state index contributed by atoms with van der Waals surface area (Å²) in [5.74, 6) is 0. The van der Waals surface area contributed by atoms with Gasteiger partial charge in [-0.25, -0.2) is 0 Å². The van der Waals surface area contributed by atoms with Crippen LogP contribution in [0.3, 0.4) is 0 Å². The van der Waals surface area contributed by atoms with Crippen LogP contribution in [0.5, 0.6) is 0 Å². The second-order valence-corrected chi connectivity index (χ2v) is 3.05. The first-order valence-corrected chi connectivity index (χ1v) is 4.60. The second kappa shape index (κ2) is 4.15. The van der Waals surface area contributed by atoms with Crippen LogP contribution in [0.25, 0.3) is 0 Å². The zero-order chi connectivity index (χ0) is 8.97. The Morgan fingerprint density at radius 3 is 2.83 bits per heavy atom. The van der Waals surface area contributed by atoms with E-state index in [1.165, 1.54) is 11.8 Å². The molecular formula is C9H8NOS. The van der Waals surface area contributed by atoms with Crippen LogP contribution in [0.1, 0.15) is 11.1 Å². The minimum absolute atomic E-state index is 0.563. The predicted molar refractivity (Wildman–Crippen MR) is 48.3 cm³/mol. The van der Waals surface area contributed by atoms with E-state index >= 15 is 0 Å². The van der Waals surface area contributed by atoms with Crippen molar-refractivity contribution in [2.75, 3.05) is 6.26 Å². The zero-order valence-electron chi connectivity index (χ0n) is 6.61. The number of benzene rings is 1. The van der Waals surface area contributed by atoms with E-state index < -0.39 is 0 Å². The van der Waals surface area contributed by atoms with Gasteiger partial charge in [-0.15, -0.1) is 11.8 Å². The Hall–Kier alpha value is -0.980. The Labute approximate surface area is 75.8 Å². The number of hydrogen-bond donors (Lipinski definition) is 1. The molecule has 61 valence electrons. The van der Waals surface area contributed by atoms with Crippen molar-refractivity contribution in [2.24, 2.45) is 0 Å². The third-order valence-electron chi connectivity index (χ3n) is 1.50. The van der Waals surface area contributed by atoms with Gasteiger partial charge in [0.05, 0.1) is 11.6 Å². The summed E-state index contributed by atoms with van der Waals surface area (Å²) in [6.45, 7) is 1.02. The van der Waals surface area contributed by atoms with Gasteiger partial charge in [0, 0.05) is 4.90 Å². The molecule has 0 aliphatic carbocycles. The number of hydrogen-bond acceptors (Lipinski definition) is 3. The lowest BCUT2D eigenvalue weighted by molar-refractivity contribution is 0.412. The summed E-state index contributed by atoms with van der Waals surface area (Å²) in [6, 6.07) is 7.23. The van der Waals surface area contributed by atoms with Crippen molar-refractivity contribution in [2.45, 2.75) is 4.90 Å². The normalized spacial score (nSPS) is 9.42. The van der Waals surface area contributed by atoms with Gasteiger partial charge in [-0.3, -0.25) is 0 Å². The molecule has 1 N–H and O–H groups in total. The fourth-order valence-corrected chi connectivity index (χ4v) is 1.46. The van der Waals surface area contributed by atoms with Gasteiger partial charge in [-0.1, -0.05) is 0 Å². The SMILES string of the molecule is CSc1ccc(C#N)cc1[CH]O. The lowest BCUT2D eigenvalue weighted by Gasteiger charge is -2.02.